The molecule has 0 saturated heterocycles. The maximum Gasteiger partial charge on any atom is 0.251 e. The Morgan fingerprint density at radius 2 is 1.80 bits per heavy atom. The van der Waals surface area contributed by atoms with E-state index < -0.39 is 0 Å². The third-order valence-corrected chi connectivity index (χ3v) is 4.22. The van der Waals surface area contributed by atoms with Gasteiger partial charge in [0.1, 0.15) is 0 Å². The minimum Gasteiger partial charge on any atom is -0.376 e. The first-order valence-corrected chi connectivity index (χ1v) is 8.97. The fraction of sp³-hybridized carbons (Fsp3) is 0.263. The SMILES string of the molecule is CCC(C)NC(=O)c1cccc(NCC(=O)Nc2ccc(Br)cc2)c1. The lowest BCUT2D eigenvalue weighted by Gasteiger charge is -2.12. The minimum absolute atomic E-state index is 0.114. The largest absolute Gasteiger partial charge is 0.376 e. The maximum atomic E-state index is 12.2. The second kappa shape index (κ2) is 9.22. The van der Waals surface area contributed by atoms with E-state index in [1.165, 1.54) is 0 Å². The van der Waals surface area contributed by atoms with Crippen LogP contribution in [0.3, 0.4) is 0 Å². The van der Waals surface area contributed by atoms with E-state index in [2.05, 4.69) is 31.9 Å². The van der Waals surface area contributed by atoms with Gasteiger partial charge in [0.15, 0.2) is 0 Å². The van der Waals surface area contributed by atoms with Crippen molar-refractivity contribution in [2.75, 3.05) is 17.2 Å². The van der Waals surface area contributed by atoms with Crippen molar-refractivity contribution < 1.29 is 9.59 Å². The summed E-state index contributed by atoms with van der Waals surface area (Å²) in [6.07, 6.45) is 0.875. The van der Waals surface area contributed by atoms with Crippen LogP contribution in [0.2, 0.25) is 0 Å². The molecular weight excluding hydrogens is 382 g/mol. The predicted molar refractivity (Wildman–Crippen MR) is 105 cm³/mol. The van der Waals surface area contributed by atoms with Crippen molar-refractivity contribution in [2.45, 2.75) is 26.3 Å². The number of amides is 2. The number of anilines is 2. The second-order valence-electron chi connectivity index (χ2n) is 5.77. The monoisotopic (exact) mass is 403 g/mol. The summed E-state index contributed by atoms with van der Waals surface area (Å²) in [5, 5.41) is 8.77. The number of hydrogen-bond acceptors (Lipinski definition) is 3. The number of benzene rings is 2. The van der Waals surface area contributed by atoms with Gasteiger partial charge in [-0.3, -0.25) is 9.59 Å². The Labute approximate surface area is 156 Å². The highest BCUT2D eigenvalue weighted by Gasteiger charge is 2.09. The van der Waals surface area contributed by atoms with E-state index in [0.717, 1.165) is 22.3 Å². The Kier molecular flexibility index (Phi) is 7.01. The van der Waals surface area contributed by atoms with Crippen LogP contribution < -0.4 is 16.0 Å². The van der Waals surface area contributed by atoms with Gasteiger partial charge in [-0.1, -0.05) is 28.9 Å². The number of halogens is 1. The average Bonchev–Trinajstić information content (AvgIpc) is 2.62. The molecule has 0 heterocycles. The van der Waals surface area contributed by atoms with Crippen LogP contribution in [-0.2, 0) is 4.79 Å². The lowest BCUT2D eigenvalue weighted by molar-refractivity contribution is -0.114. The summed E-state index contributed by atoms with van der Waals surface area (Å²) < 4.78 is 0.955. The van der Waals surface area contributed by atoms with E-state index in [1.807, 2.05) is 44.2 Å². The molecule has 2 amide bonds. The molecule has 0 aliphatic heterocycles. The van der Waals surface area contributed by atoms with Crippen molar-refractivity contribution in [2.24, 2.45) is 0 Å². The summed E-state index contributed by atoms with van der Waals surface area (Å²) in [7, 11) is 0. The average molecular weight is 404 g/mol. The first-order valence-electron chi connectivity index (χ1n) is 8.18. The van der Waals surface area contributed by atoms with Crippen molar-refractivity contribution in [3.63, 3.8) is 0 Å². The predicted octanol–water partition coefficient (Wildman–Crippen LogP) is 4.03. The number of carbonyl (C=O) groups is 2. The number of carbonyl (C=O) groups excluding carboxylic acids is 2. The van der Waals surface area contributed by atoms with Gasteiger partial charge < -0.3 is 16.0 Å². The van der Waals surface area contributed by atoms with E-state index in [1.54, 1.807) is 18.2 Å². The van der Waals surface area contributed by atoms with E-state index in [-0.39, 0.29) is 24.4 Å². The Morgan fingerprint density at radius 1 is 1.08 bits per heavy atom. The number of nitrogens with one attached hydrogen (secondary N) is 3. The topological polar surface area (TPSA) is 70.2 Å². The zero-order chi connectivity index (χ0) is 18.2. The fourth-order valence-electron chi connectivity index (χ4n) is 2.10. The Bertz CT molecular complexity index is 732. The Hall–Kier alpha value is -2.34. The highest BCUT2D eigenvalue weighted by atomic mass is 79.9. The van der Waals surface area contributed by atoms with Crippen LogP contribution in [-0.4, -0.2) is 24.4 Å². The smallest absolute Gasteiger partial charge is 0.251 e. The third kappa shape index (κ3) is 6.23. The van der Waals surface area contributed by atoms with Crippen LogP contribution in [0.25, 0.3) is 0 Å². The van der Waals surface area contributed by atoms with E-state index >= 15 is 0 Å². The molecule has 0 radical (unpaired) electrons. The van der Waals surface area contributed by atoms with Crippen molar-refractivity contribution in [1.82, 2.24) is 5.32 Å². The number of rotatable bonds is 7. The van der Waals surface area contributed by atoms with Gasteiger partial charge in [0.2, 0.25) is 5.91 Å². The van der Waals surface area contributed by atoms with Crippen molar-refractivity contribution in [1.29, 1.82) is 0 Å². The molecule has 2 aromatic rings. The molecule has 2 rings (SSSR count). The Morgan fingerprint density at radius 3 is 2.48 bits per heavy atom. The highest BCUT2D eigenvalue weighted by Crippen LogP contribution is 2.14. The minimum atomic E-state index is -0.156. The summed E-state index contributed by atoms with van der Waals surface area (Å²) in [6, 6.07) is 14.6. The van der Waals surface area contributed by atoms with Gasteiger partial charge in [0.25, 0.3) is 5.91 Å². The molecule has 132 valence electrons. The van der Waals surface area contributed by atoms with Gasteiger partial charge in [-0.25, -0.2) is 0 Å². The lowest BCUT2D eigenvalue weighted by Crippen LogP contribution is -2.31. The van der Waals surface area contributed by atoms with Crippen LogP contribution in [0.4, 0.5) is 11.4 Å². The maximum absolute atomic E-state index is 12.2. The van der Waals surface area contributed by atoms with Gasteiger partial charge in [0, 0.05) is 27.5 Å². The molecule has 0 spiro atoms. The normalized spacial score (nSPS) is 11.5. The third-order valence-electron chi connectivity index (χ3n) is 3.70. The molecule has 0 bridgehead atoms. The number of hydrogen-bond donors (Lipinski definition) is 3. The zero-order valence-electron chi connectivity index (χ0n) is 14.3. The summed E-state index contributed by atoms with van der Waals surface area (Å²) in [5.74, 6) is -0.269. The molecule has 0 aliphatic rings. The molecule has 2 aromatic carbocycles. The first kappa shape index (κ1) is 19.0. The molecule has 5 nitrogen and oxygen atoms in total. The molecule has 0 aliphatic carbocycles. The first-order chi connectivity index (χ1) is 12.0. The van der Waals surface area contributed by atoms with Crippen LogP contribution in [0.1, 0.15) is 30.6 Å². The summed E-state index contributed by atoms with van der Waals surface area (Å²) in [5.41, 5.74) is 2.03. The summed E-state index contributed by atoms with van der Waals surface area (Å²) in [6.45, 7) is 4.10. The molecule has 0 saturated carbocycles. The van der Waals surface area contributed by atoms with E-state index in [4.69, 9.17) is 0 Å². The van der Waals surface area contributed by atoms with Gasteiger partial charge in [-0.05, 0) is 55.8 Å². The Balaban J connectivity index is 1.90. The van der Waals surface area contributed by atoms with Gasteiger partial charge in [-0.2, -0.15) is 0 Å². The molecule has 0 fully saturated rings. The molecule has 1 unspecified atom stereocenters. The van der Waals surface area contributed by atoms with Crippen LogP contribution in [0, 0.1) is 0 Å². The quantitative estimate of drug-likeness (QED) is 0.653. The van der Waals surface area contributed by atoms with Crippen LogP contribution in [0.5, 0.6) is 0 Å². The zero-order valence-corrected chi connectivity index (χ0v) is 15.9. The van der Waals surface area contributed by atoms with Gasteiger partial charge in [-0.15, -0.1) is 0 Å². The lowest BCUT2D eigenvalue weighted by atomic mass is 10.1. The van der Waals surface area contributed by atoms with Gasteiger partial charge >= 0.3 is 0 Å². The fourth-order valence-corrected chi connectivity index (χ4v) is 2.36. The van der Waals surface area contributed by atoms with Crippen LogP contribution in [0.15, 0.2) is 53.0 Å². The van der Waals surface area contributed by atoms with Crippen molar-refractivity contribution in [3.05, 3.63) is 58.6 Å². The molecular formula is C19H22BrN3O2. The summed E-state index contributed by atoms with van der Waals surface area (Å²) in [4.78, 5) is 24.2. The summed E-state index contributed by atoms with van der Waals surface area (Å²) >= 11 is 3.35. The van der Waals surface area contributed by atoms with E-state index in [0.29, 0.717) is 5.56 Å². The molecule has 3 N–H and O–H groups in total. The van der Waals surface area contributed by atoms with Crippen molar-refractivity contribution >= 4 is 39.1 Å². The van der Waals surface area contributed by atoms with Crippen molar-refractivity contribution in [3.8, 4) is 0 Å². The molecule has 25 heavy (non-hydrogen) atoms. The molecule has 6 heteroatoms. The van der Waals surface area contributed by atoms with Crippen LogP contribution >= 0.6 is 15.9 Å². The highest BCUT2D eigenvalue weighted by molar-refractivity contribution is 9.10. The van der Waals surface area contributed by atoms with Gasteiger partial charge in [0.05, 0.1) is 6.54 Å². The second-order valence-corrected chi connectivity index (χ2v) is 6.69. The van der Waals surface area contributed by atoms with E-state index in [9.17, 15) is 9.59 Å². The molecule has 0 aromatic heterocycles. The standard InChI is InChI=1S/C19H22BrN3O2/c1-3-13(2)22-19(25)14-5-4-6-17(11-14)21-12-18(24)23-16-9-7-15(20)8-10-16/h4-11,13,21H,3,12H2,1-2H3,(H,22,25)(H,23,24). The molecule has 1 atom stereocenters.